The summed E-state index contributed by atoms with van der Waals surface area (Å²) in [6, 6.07) is 4.05. The summed E-state index contributed by atoms with van der Waals surface area (Å²) in [6.07, 6.45) is 0.0719. The smallest absolute Gasteiger partial charge is 0.319 e. The van der Waals surface area contributed by atoms with Gasteiger partial charge in [0.15, 0.2) is 15.6 Å². The highest BCUT2D eigenvalue weighted by atomic mass is 32.2. The molecule has 0 aliphatic carbocycles. The molecule has 22 heavy (non-hydrogen) atoms. The number of carboxylic acids is 1. The summed E-state index contributed by atoms with van der Waals surface area (Å²) in [4.78, 5) is 24.0. The van der Waals surface area contributed by atoms with Gasteiger partial charge in [-0.15, -0.1) is 0 Å². The van der Waals surface area contributed by atoms with E-state index in [1.807, 2.05) is 6.92 Å². The number of nitrogens with zero attached hydrogens (tertiary/aromatic N) is 1. The summed E-state index contributed by atoms with van der Waals surface area (Å²) in [5.41, 5.74) is 0.358. The molecule has 0 spiro atoms. The van der Waals surface area contributed by atoms with Crippen molar-refractivity contribution in [1.82, 2.24) is 0 Å². The second-order valence-corrected chi connectivity index (χ2v) is 7.06. The molecular formula is C14H17NO6S. The zero-order chi connectivity index (χ0) is 16.5. The van der Waals surface area contributed by atoms with Crippen LogP contribution in [-0.2, 0) is 19.4 Å². The van der Waals surface area contributed by atoms with Crippen molar-refractivity contribution in [2.45, 2.75) is 31.3 Å². The summed E-state index contributed by atoms with van der Waals surface area (Å²) in [5, 5.41) is 8.69. The van der Waals surface area contributed by atoms with Gasteiger partial charge in [-0.3, -0.25) is 9.59 Å². The summed E-state index contributed by atoms with van der Waals surface area (Å²) in [6.45, 7) is 3.85. The molecule has 1 heterocycles. The number of carbonyl (C=O) groups excluding carboxylic acids is 1. The molecule has 7 nitrogen and oxygen atoms in total. The first-order valence-corrected chi connectivity index (χ1v) is 8.45. The Hall–Kier alpha value is -2.09. The number of benzene rings is 1. The molecule has 1 atom stereocenters. The average Bonchev–Trinajstić information content (AvgIpc) is 2.43. The standard InChI is InChI=1S/C14H17NO6S/c1-3-13(16)15-7-9(2)21-12-5-4-10(6-11(12)15)22(19,20)8-14(17)18/h4-6,9H,3,7-8H2,1-2H3,(H,17,18). The number of hydrogen-bond acceptors (Lipinski definition) is 5. The molecule has 1 aromatic rings. The topological polar surface area (TPSA) is 101 Å². The van der Waals surface area contributed by atoms with E-state index in [1.165, 1.54) is 23.1 Å². The van der Waals surface area contributed by atoms with Crippen molar-refractivity contribution in [1.29, 1.82) is 0 Å². The molecule has 1 aromatic carbocycles. The Kier molecular flexibility index (Phi) is 4.41. The maximum Gasteiger partial charge on any atom is 0.319 e. The number of sulfone groups is 1. The van der Waals surface area contributed by atoms with Crippen molar-refractivity contribution < 1.29 is 27.9 Å². The number of amides is 1. The average molecular weight is 327 g/mol. The minimum Gasteiger partial charge on any atom is -0.487 e. The highest BCUT2D eigenvalue weighted by Crippen LogP contribution is 2.36. The number of rotatable bonds is 4. The normalized spacial score (nSPS) is 17.5. The van der Waals surface area contributed by atoms with E-state index in [-0.39, 0.29) is 23.3 Å². The van der Waals surface area contributed by atoms with Gasteiger partial charge in [-0.05, 0) is 25.1 Å². The predicted octanol–water partition coefficient (Wildman–Crippen LogP) is 1.07. The molecule has 1 aliphatic heterocycles. The maximum absolute atomic E-state index is 12.0. The number of fused-ring (bicyclic) bond motifs is 1. The predicted molar refractivity (Wildman–Crippen MR) is 78.9 cm³/mol. The summed E-state index contributed by atoms with van der Waals surface area (Å²) in [5.74, 6) is -2.16. The Morgan fingerprint density at radius 1 is 1.41 bits per heavy atom. The minimum atomic E-state index is -3.96. The Labute approximate surface area is 128 Å². The second-order valence-electron chi connectivity index (χ2n) is 5.07. The first-order valence-electron chi connectivity index (χ1n) is 6.80. The molecule has 0 fully saturated rings. The van der Waals surface area contributed by atoms with Crippen LogP contribution in [0.1, 0.15) is 20.3 Å². The molecule has 1 N–H and O–H groups in total. The third kappa shape index (κ3) is 3.22. The minimum absolute atomic E-state index is 0.138. The van der Waals surface area contributed by atoms with E-state index < -0.39 is 21.6 Å². The van der Waals surface area contributed by atoms with Gasteiger partial charge < -0.3 is 14.7 Å². The first-order chi connectivity index (χ1) is 10.2. The lowest BCUT2D eigenvalue weighted by Gasteiger charge is -2.33. The van der Waals surface area contributed by atoms with Crippen LogP contribution in [-0.4, -0.2) is 43.8 Å². The van der Waals surface area contributed by atoms with Gasteiger partial charge in [-0.2, -0.15) is 0 Å². The van der Waals surface area contributed by atoms with E-state index in [9.17, 15) is 18.0 Å². The summed E-state index contributed by atoms with van der Waals surface area (Å²) < 4.78 is 29.6. The van der Waals surface area contributed by atoms with Gasteiger partial charge in [0.05, 0.1) is 17.1 Å². The van der Waals surface area contributed by atoms with E-state index in [0.717, 1.165) is 0 Å². The molecule has 0 radical (unpaired) electrons. The Balaban J connectivity index is 2.49. The highest BCUT2D eigenvalue weighted by Gasteiger charge is 2.29. The van der Waals surface area contributed by atoms with Crippen LogP contribution in [0.5, 0.6) is 5.75 Å². The molecule has 120 valence electrons. The Morgan fingerprint density at radius 3 is 2.68 bits per heavy atom. The second kappa shape index (κ2) is 5.96. The van der Waals surface area contributed by atoms with E-state index in [1.54, 1.807) is 6.92 Å². The number of hydrogen-bond donors (Lipinski definition) is 1. The van der Waals surface area contributed by atoms with Crippen molar-refractivity contribution in [3.63, 3.8) is 0 Å². The number of ether oxygens (including phenoxy) is 1. The molecule has 2 rings (SSSR count). The molecule has 0 aromatic heterocycles. The molecule has 1 aliphatic rings. The van der Waals surface area contributed by atoms with Gasteiger partial charge in [0, 0.05) is 6.42 Å². The molecule has 8 heteroatoms. The van der Waals surface area contributed by atoms with E-state index in [4.69, 9.17) is 9.84 Å². The van der Waals surface area contributed by atoms with Gasteiger partial charge in [-0.1, -0.05) is 6.92 Å². The molecule has 0 saturated heterocycles. The van der Waals surface area contributed by atoms with Gasteiger partial charge in [0.1, 0.15) is 11.9 Å². The molecule has 1 unspecified atom stereocenters. The third-order valence-corrected chi connectivity index (χ3v) is 4.86. The number of aliphatic carboxylic acids is 1. The lowest BCUT2D eigenvalue weighted by Crippen LogP contribution is -2.42. The monoisotopic (exact) mass is 327 g/mol. The summed E-state index contributed by atoms with van der Waals surface area (Å²) >= 11 is 0. The van der Waals surface area contributed by atoms with Crippen LogP contribution in [0.3, 0.4) is 0 Å². The lowest BCUT2D eigenvalue weighted by atomic mass is 10.2. The van der Waals surface area contributed by atoms with Crippen LogP contribution < -0.4 is 9.64 Å². The number of carbonyl (C=O) groups is 2. The fourth-order valence-electron chi connectivity index (χ4n) is 2.28. The van der Waals surface area contributed by atoms with Crippen LogP contribution in [0.4, 0.5) is 5.69 Å². The number of anilines is 1. The van der Waals surface area contributed by atoms with E-state index in [2.05, 4.69) is 0 Å². The fourth-order valence-corrected chi connectivity index (χ4v) is 3.34. The Bertz CT molecular complexity index is 712. The summed E-state index contributed by atoms with van der Waals surface area (Å²) in [7, 11) is -3.96. The molecule has 0 bridgehead atoms. The van der Waals surface area contributed by atoms with Crippen molar-refractivity contribution in [2.24, 2.45) is 0 Å². The van der Waals surface area contributed by atoms with Crippen molar-refractivity contribution in [3.8, 4) is 5.75 Å². The zero-order valence-electron chi connectivity index (χ0n) is 12.3. The van der Waals surface area contributed by atoms with Gasteiger partial charge in [0.25, 0.3) is 0 Å². The first kappa shape index (κ1) is 16.3. The fraction of sp³-hybridized carbons (Fsp3) is 0.429. The van der Waals surface area contributed by atoms with Crippen molar-refractivity contribution in [2.75, 3.05) is 17.2 Å². The van der Waals surface area contributed by atoms with E-state index >= 15 is 0 Å². The maximum atomic E-state index is 12.0. The molecule has 1 amide bonds. The van der Waals surface area contributed by atoms with Crippen LogP contribution in [0.15, 0.2) is 23.1 Å². The third-order valence-electron chi connectivity index (χ3n) is 3.27. The lowest BCUT2D eigenvalue weighted by molar-refractivity contribution is -0.134. The molecular weight excluding hydrogens is 310 g/mol. The Morgan fingerprint density at radius 2 is 2.09 bits per heavy atom. The molecule has 0 saturated carbocycles. The largest absolute Gasteiger partial charge is 0.487 e. The highest BCUT2D eigenvalue weighted by molar-refractivity contribution is 7.92. The van der Waals surface area contributed by atoms with Gasteiger partial charge in [-0.25, -0.2) is 8.42 Å². The van der Waals surface area contributed by atoms with Gasteiger partial charge in [0.2, 0.25) is 5.91 Å². The van der Waals surface area contributed by atoms with Gasteiger partial charge >= 0.3 is 5.97 Å². The van der Waals surface area contributed by atoms with Crippen LogP contribution in [0, 0.1) is 0 Å². The van der Waals surface area contributed by atoms with Crippen LogP contribution >= 0.6 is 0 Å². The zero-order valence-corrected chi connectivity index (χ0v) is 13.1. The van der Waals surface area contributed by atoms with Crippen LogP contribution in [0.2, 0.25) is 0 Å². The van der Waals surface area contributed by atoms with E-state index in [0.29, 0.717) is 18.0 Å². The number of carboxylic acid groups (broad SMARTS) is 1. The van der Waals surface area contributed by atoms with Crippen molar-refractivity contribution >= 4 is 27.4 Å². The SMILES string of the molecule is CCC(=O)N1CC(C)Oc2ccc(S(=O)(=O)CC(=O)O)cc21. The quantitative estimate of drug-likeness (QED) is 0.887. The van der Waals surface area contributed by atoms with Crippen LogP contribution in [0.25, 0.3) is 0 Å². The van der Waals surface area contributed by atoms with Crippen molar-refractivity contribution in [3.05, 3.63) is 18.2 Å².